The second-order valence-electron chi connectivity index (χ2n) is 5.21. The molecule has 94 valence electrons. The molecule has 2 N–H and O–H groups in total. The summed E-state index contributed by atoms with van der Waals surface area (Å²) >= 11 is 0. The van der Waals surface area contributed by atoms with Gasteiger partial charge in [-0.3, -0.25) is 0 Å². The van der Waals surface area contributed by atoms with E-state index in [0.717, 1.165) is 18.0 Å². The monoisotopic (exact) mass is 255 g/mol. The number of nitrogen functional groups attached to an aromatic ring is 1. The lowest BCUT2D eigenvalue weighted by Gasteiger charge is -2.09. The summed E-state index contributed by atoms with van der Waals surface area (Å²) in [4.78, 5) is 0. The van der Waals surface area contributed by atoms with Crippen molar-refractivity contribution in [2.24, 2.45) is 5.92 Å². The van der Waals surface area contributed by atoms with Gasteiger partial charge in [0.2, 0.25) is 0 Å². The molecule has 1 aromatic rings. The molecule has 17 heavy (non-hydrogen) atoms. The Morgan fingerprint density at radius 2 is 2.18 bits per heavy atom. The van der Waals surface area contributed by atoms with Gasteiger partial charge in [0.15, 0.2) is 9.84 Å². The van der Waals surface area contributed by atoms with Crippen molar-refractivity contribution in [3.8, 4) is 0 Å². The van der Waals surface area contributed by atoms with E-state index in [2.05, 4.69) is 5.10 Å². The van der Waals surface area contributed by atoms with E-state index in [0.29, 0.717) is 12.2 Å². The summed E-state index contributed by atoms with van der Waals surface area (Å²) in [7, 11) is -2.88. The second kappa shape index (κ2) is 3.73. The minimum absolute atomic E-state index is 0.0621. The zero-order chi connectivity index (χ0) is 12.0. The molecular formula is C11H17N3O2S. The maximum atomic E-state index is 11.4. The van der Waals surface area contributed by atoms with Crippen molar-refractivity contribution in [3.05, 3.63) is 11.8 Å². The van der Waals surface area contributed by atoms with Crippen LogP contribution < -0.4 is 5.73 Å². The van der Waals surface area contributed by atoms with E-state index in [4.69, 9.17) is 5.73 Å². The first kappa shape index (κ1) is 11.1. The van der Waals surface area contributed by atoms with Crippen LogP contribution in [0.25, 0.3) is 0 Å². The van der Waals surface area contributed by atoms with E-state index < -0.39 is 9.84 Å². The molecule has 0 spiro atoms. The highest BCUT2D eigenvalue weighted by Crippen LogP contribution is 2.33. The average molecular weight is 255 g/mol. The molecule has 0 amide bonds. The molecule has 1 aliphatic heterocycles. The van der Waals surface area contributed by atoms with Crippen molar-refractivity contribution in [2.45, 2.75) is 31.7 Å². The number of aromatic nitrogens is 2. The van der Waals surface area contributed by atoms with Crippen molar-refractivity contribution in [1.29, 1.82) is 0 Å². The molecule has 3 rings (SSSR count). The normalized spacial score (nSPS) is 27.4. The third-order valence-corrected chi connectivity index (χ3v) is 5.31. The summed E-state index contributed by atoms with van der Waals surface area (Å²) in [5, 5.41) is 4.46. The lowest BCUT2D eigenvalue weighted by Crippen LogP contribution is -2.14. The molecule has 5 nitrogen and oxygen atoms in total. The molecule has 6 heteroatoms. The Hall–Kier alpha value is -1.04. The van der Waals surface area contributed by atoms with Gasteiger partial charge in [0.25, 0.3) is 0 Å². The van der Waals surface area contributed by atoms with Crippen molar-refractivity contribution >= 4 is 15.7 Å². The highest BCUT2D eigenvalue weighted by Gasteiger charge is 2.31. The molecule has 1 saturated heterocycles. The van der Waals surface area contributed by atoms with Gasteiger partial charge in [-0.15, -0.1) is 0 Å². The van der Waals surface area contributed by atoms with Crippen LogP contribution in [0.4, 0.5) is 5.82 Å². The number of rotatable bonds is 3. The molecule has 0 aromatic carbocycles. The van der Waals surface area contributed by atoms with Crippen molar-refractivity contribution in [3.63, 3.8) is 0 Å². The fourth-order valence-electron chi connectivity index (χ4n) is 2.44. The first-order chi connectivity index (χ1) is 8.03. The van der Waals surface area contributed by atoms with Gasteiger partial charge in [0.1, 0.15) is 5.82 Å². The Labute approximate surface area is 101 Å². The molecule has 2 aliphatic rings. The van der Waals surface area contributed by atoms with Gasteiger partial charge in [-0.1, -0.05) is 0 Å². The lowest BCUT2D eigenvalue weighted by molar-refractivity contribution is 0.500. The van der Waals surface area contributed by atoms with E-state index in [1.807, 2.05) is 6.07 Å². The SMILES string of the molecule is Nc1cc(CC2CC2)nn1C1CCS(=O)(=O)C1. The molecule has 2 fully saturated rings. The summed E-state index contributed by atoms with van der Waals surface area (Å²) in [6.45, 7) is 0. The fourth-order valence-corrected chi connectivity index (χ4v) is 4.13. The van der Waals surface area contributed by atoms with Gasteiger partial charge in [-0.2, -0.15) is 5.10 Å². The summed E-state index contributed by atoms with van der Waals surface area (Å²) in [5.41, 5.74) is 6.92. The van der Waals surface area contributed by atoms with E-state index in [1.54, 1.807) is 4.68 Å². The molecular weight excluding hydrogens is 238 g/mol. The summed E-state index contributed by atoms with van der Waals surface area (Å²) in [5.74, 6) is 1.81. The molecule has 1 saturated carbocycles. The zero-order valence-electron chi connectivity index (χ0n) is 9.67. The maximum absolute atomic E-state index is 11.4. The van der Waals surface area contributed by atoms with Gasteiger partial charge in [0.05, 0.1) is 23.2 Å². The van der Waals surface area contributed by atoms with Gasteiger partial charge >= 0.3 is 0 Å². The van der Waals surface area contributed by atoms with Crippen LogP contribution in [-0.4, -0.2) is 29.7 Å². The number of sulfone groups is 1. The average Bonchev–Trinajstić information content (AvgIpc) is 2.87. The number of anilines is 1. The van der Waals surface area contributed by atoms with E-state index in [-0.39, 0.29) is 17.5 Å². The molecule has 1 aromatic heterocycles. The molecule has 1 unspecified atom stereocenters. The summed E-state index contributed by atoms with van der Waals surface area (Å²) < 4.78 is 24.6. The smallest absolute Gasteiger partial charge is 0.152 e. The van der Waals surface area contributed by atoms with Gasteiger partial charge < -0.3 is 5.73 Å². The van der Waals surface area contributed by atoms with Gasteiger partial charge in [-0.25, -0.2) is 13.1 Å². The van der Waals surface area contributed by atoms with E-state index in [1.165, 1.54) is 12.8 Å². The molecule has 1 aliphatic carbocycles. The standard InChI is InChI=1S/C11H17N3O2S/c12-11-6-9(5-8-1-2-8)13-14(11)10-3-4-17(15,16)7-10/h6,8,10H,1-5,7,12H2. The lowest BCUT2D eigenvalue weighted by atomic mass is 10.2. The highest BCUT2D eigenvalue weighted by molar-refractivity contribution is 7.91. The van der Waals surface area contributed by atoms with Crippen LogP contribution >= 0.6 is 0 Å². The third kappa shape index (κ3) is 2.31. The Morgan fingerprint density at radius 1 is 1.41 bits per heavy atom. The second-order valence-corrected chi connectivity index (χ2v) is 7.44. The van der Waals surface area contributed by atoms with Gasteiger partial charge in [-0.05, 0) is 31.6 Å². The number of hydrogen-bond donors (Lipinski definition) is 1. The van der Waals surface area contributed by atoms with Crippen LogP contribution in [0.15, 0.2) is 6.07 Å². The predicted molar refractivity (Wildman–Crippen MR) is 65.4 cm³/mol. The maximum Gasteiger partial charge on any atom is 0.152 e. The molecule has 0 radical (unpaired) electrons. The Morgan fingerprint density at radius 3 is 2.76 bits per heavy atom. The number of nitrogens with two attached hydrogens (primary N) is 1. The zero-order valence-corrected chi connectivity index (χ0v) is 10.5. The third-order valence-electron chi connectivity index (χ3n) is 3.56. The summed E-state index contributed by atoms with van der Waals surface area (Å²) in [6, 6.07) is 1.83. The number of nitrogens with zero attached hydrogens (tertiary/aromatic N) is 2. The van der Waals surface area contributed by atoms with Crippen LogP contribution in [0.2, 0.25) is 0 Å². The quantitative estimate of drug-likeness (QED) is 0.865. The highest BCUT2D eigenvalue weighted by atomic mass is 32.2. The van der Waals surface area contributed by atoms with Crippen LogP contribution in [0.3, 0.4) is 0 Å². The minimum Gasteiger partial charge on any atom is -0.384 e. The Balaban J connectivity index is 1.80. The van der Waals surface area contributed by atoms with Crippen molar-refractivity contribution < 1.29 is 8.42 Å². The van der Waals surface area contributed by atoms with Gasteiger partial charge in [0, 0.05) is 6.07 Å². The van der Waals surface area contributed by atoms with E-state index in [9.17, 15) is 8.42 Å². The Bertz CT molecular complexity index is 531. The molecule has 1 atom stereocenters. The summed E-state index contributed by atoms with van der Waals surface area (Å²) in [6.07, 6.45) is 4.18. The van der Waals surface area contributed by atoms with E-state index >= 15 is 0 Å². The first-order valence-electron chi connectivity index (χ1n) is 6.08. The Kier molecular flexibility index (Phi) is 2.43. The minimum atomic E-state index is -2.88. The molecule has 2 heterocycles. The van der Waals surface area contributed by atoms with Crippen LogP contribution in [-0.2, 0) is 16.3 Å². The predicted octanol–water partition coefficient (Wildman–Crippen LogP) is 0.777. The van der Waals surface area contributed by atoms with Crippen molar-refractivity contribution in [2.75, 3.05) is 17.2 Å². The number of hydrogen-bond acceptors (Lipinski definition) is 4. The fraction of sp³-hybridized carbons (Fsp3) is 0.727. The van der Waals surface area contributed by atoms with Crippen LogP contribution in [0, 0.1) is 5.92 Å². The topological polar surface area (TPSA) is 78.0 Å². The van der Waals surface area contributed by atoms with Crippen LogP contribution in [0.5, 0.6) is 0 Å². The first-order valence-corrected chi connectivity index (χ1v) is 7.90. The largest absolute Gasteiger partial charge is 0.384 e. The molecule has 0 bridgehead atoms. The van der Waals surface area contributed by atoms with Crippen LogP contribution in [0.1, 0.15) is 31.0 Å². The van der Waals surface area contributed by atoms with Crippen molar-refractivity contribution in [1.82, 2.24) is 9.78 Å².